The molecule has 0 atom stereocenters. The van der Waals surface area contributed by atoms with E-state index < -0.39 is 15.9 Å². The van der Waals surface area contributed by atoms with Crippen LogP contribution in [0.5, 0.6) is 0 Å². The fourth-order valence-electron chi connectivity index (χ4n) is 2.58. The summed E-state index contributed by atoms with van der Waals surface area (Å²) in [4.78, 5) is 12.5. The normalized spacial score (nSPS) is 15.6. The Kier molecular flexibility index (Phi) is 4.62. The van der Waals surface area contributed by atoms with Crippen LogP contribution in [0.15, 0.2) is 29.2 Å². The Bertz CT molecular complexity index is 873. The minimum Gasteiger partial charge on any atom is -0.305 e. The van der Waals surface area contributed by atoms with Gasteiger partial charge in [-0.1, -0.05) is 11.6 Å². The molecule has 0 bridgehead atoms. The number of sulfonamides is 1. The summed E-state index contributed by atoms with van der Waals surface area (Å²) in [6.07, 6.45) is 1.69. The summed E-state index contributed by atoms with van der Waals surface area (Å²) in [7, 11) is -3.61. The molecule has 1 saturated heterocycles. The van der Waals surface area contributed by atoms with E-state index in [0.717, 1.165) is 18.5 Å². The number of benzene rings is 1. The van der Waals surface area contributed by atoms with E-state index in [1.807, 2.05) is 0 Å². The first-order valence-corrected chi connectivity index (χ1v) is 9.33. The zero-order chi connectivity index (χ0) is 17.3. The third kappa shape index (κ3) is 3.31. The standard InChI is InChI=1S/C15H17ClN4O3S/c1-10-8-14(19-18-10)17-15(21)12-9-11(4-5-13(12)16)24(22,23)20-6-2-3-7-20/h4-5,8-9H,2-3,6-7H2,1H3,(H2,17,18,19,21). The molecular weight excluding hydrogens is 352 g/mol. The molecule has 1 aliphatic rings. The van der Waals surface area contributed by atoms with E-state index in [-0.39, 0.29) is 15.5 Å². The summed E-state index contributed by atoms with van der Waals surface area (Å²) in [6, 6.07) is 5.82. The number of carbonyl (C=O) groups excluding carboxylic acids is 1. The maximum atomic E-state index is 12.6. The van der Waals surface area contributed by atoms with Crippen LogP contribution in [0.2, 0.25) is 5.02 Å². The first kappa shape index (κ1) is 16.9. The average molecular weight is 369 g/mol. The monoisotopic (exact) mass is 368 g/mol. The van der Waals surface area contributed by atoms with Crippen LogP contribution in [0.3, 0.4) is 0 Å². The van der Waals surface area contributed by atoms with Gasteiger partial charge >= 0.3 is 0 Å². The van der Waals surface area contributed by atoms with Gasteiger partial charge in [-0.2, -0.15) is 9.40 Å². The Morgan fingerprint density at radius 1 is 1.29 bits per heavy atom. The number of hydrogen-bond donors (Lipinski definition) is 2. The van der Waals surface area contributed by atoms with Crippen molar-refractivity contribution in [2.75, 3.05) is 18.4 Å². The number of rotatable bonds is 4. The van der Waals surface area contributed by atoms with Gasteiger partial charge in [-0.05, 0) is 38.0 Å². The highest BCUT2D eigenvalue weighted by molar-refractivity contribution is 7.89. The lowest BCUT2D eigenvalue weighted by Gasteiger charge is -2.16. The molecule has 128 valence electrons. The molecule has 0 aliphatic carbocycles. The number of H-pyrrole nitrogens is 1. The second-order valence-corrected chi connectivity index (χ2v) is 7.99. The summed E-state index contributed by atoms with van der Waals surface area (Å²) in [5.74, 6) is -0.161. The van der Waals surface area contributed by atoms with Crippen molar-refractivity contribution >= 4 is 33.3 Å². The van der Waals surface area contributed by atoms with Gasteiger partial charge < -0.3 is 5.32 Å². The predicted octanol–water partition coefficient (Wildman–Crippen LogP) is 2.41. The second-order valence-electron chi connectivity index (χ2n) is 5.64. The first-order chi connectivity index (χ1) is 11.4. The number of amides is 1. The van der Waals surface area contributed by atoms with Gasteiger partial charge in [-0.3, -0.25) is 9.89 Å². The Balaban J connectivity index is 1.90. The quantitative estimate of drug-likeness (QED) is 0.866. The third-order valence-corrected chi connectivity index (χ3v) is 6.06. The van der Waals surface area contributed by atoms with Gasteiger partial charge in [-0.25, -0.2) is 8.42 Å². The molecule has 2 N–H and O–H groups in total. The van der Waals surface area contributed by atoms with Gasteiger partial charge in [0.25, 0.3) is 5.91 Å². The van der Waals surface area contributed by atoms with E-state index >= 15 is 0 Å². The van der Waals surface area contributed by atoms with E-state index in [1.165, 1.54) is 22.5 Å². The van der Waals surface area contributed by atoms with E-state index in [9.17, 15) is 13.2 Å². The Morgan fingerprint density at radius 3 is 2.62 bits per heavy atom. The number of carbonyl (C=O) groups is 1. The van der Waals surface area contributed by atoms with E-state index in [2.05, 4.69) is 15.5 Å². The van der Waals surface area contributed by atoms with Crippen molar-refractivity contribution in [3.05, 3.63) is 40.5 Å². The number of aryl methyl sites for hydroxylation is 1. The molecule has 1 aliphatic heterocycles. The summed E-state index contributed by atoms with van der Waals surface area (Å²) in [5, 5.41) is 9.41. The van der Waals surface area contributed by atoms with Crippen molar-refractivity contribution in [1.29, 1.82) is 0 Å². The zero-order valence-electron chi connectivity index (χ0n) is 13.0. The smallest absolute Gasteiger partial charge is 0.258 e. The molecule has 1 amide bonds. The highest BCUT2D eigenvalue weighted by Crippen LogP contribution is 2.25. The van der Waals surface area contributed by atoms with Gasteiger partial charge in [0.2, 0.25) is 10.0 Å². The molecule has 3 rings (SSSR count). The van der Waals surface area contributed by atoms with Gasteiger partial charge in [-0.15, -0.1) is 0 Å². The van der Waals surface area contributed by atoms with Gasteiger partial charge in [0.15, 0.2) is 5.82 Å². The van der Waals surface area contributed by atoms with Crippen molar-refractivity contribution in [1.82, 2.24) is 14.5 Å². The molecule has 0 radical (unpaired) electrons. The van der Waals surface area contributed by atoms with Crippen molar-refractivity contribution in [2.45, 2.75) is 24.7 Å². The minimum atomic E-state index is -3.61. The lowest BCUT2D eigenvalue weighted by molar-refractivity contribution is 0.102. The topological polar surface area (TPSA) is 95.2 Å². The van der Waals surface area contributed by atoms with Crippen LogP contribution in [0, 0.1) is 6.92 Å². The molecule has 1 fully saturated rings. The van der Waals surface area contributed by atoms with E-state index in [0.29, 0.717) is 18.9 Å². The largest absolute Gasteiger partial charge is 0.305 e. The molecule has 9 heteroatoms. The van der Waals surface area contributed by atoms with Crippen LogP contribution < -0.4 is 5.32 Å². The van der Waals surface area contributed by atoms with Crippen LogP contribution in [-0.4, -0.2) is 41.9 Å². The number of anilines is 1. The fraction of sp³-hybridized carbons (Fsp3) is 0.333. The number of halogens is 1. The van der Waals surface area contributed by atoms with Crippen molar-refractivity contribution in [3.8, 4) is 0 Å². The first-order valence-electron chi connectivity index (χ1n) is 7.51. The lowest BCUT2D eigenvalue weighted by atomic mass is 10.2. The number of nitrogens with one attached hydrogen (secondary N) is 2. The average Bonchev–Trinajstić information content (AvgIpc) is 3.19. The van der Waals surface area contributed by atoms with Gasteiger partial charge in [0.1, 0.15) is 0 Å². The van der Waals surface area contributed by atoms with Crippen LogP contribution >= 0.6 is 11.6 Å². The Morgan fingerprint density at radius 2 is 2.00 bits per heavy atom. The molecule has 2 heterocycles. The molecule has 7 nitrogen and oxygen atoms in total. The summed E-state index contributed by atoms with van der Waals surface area (Å²) in [5.41, 5.74) is 0.888. The molecule has 24 heavy (non-hydrogen) atoms. The van der Waals surface area contributed by atoms with Crippen molar-refractivity contribution < 1.29 is 13.2 Å². The van der Waals surface area contributed by atoms with Crippen LogP contribution in [-0.2, 0) is 10.0 Å². The molecule has 1 aromatic carbocycles. The van der Waals surface area contributed by atoms with Crippen molar-refractivity contribution in [3.63, 3.8) is 0 Å². The maximum Gasteiger partial charge on any atom is 0.258 e. The zero-order valence-corrected chi connectivity index (χ0v) is 14.6. The summed E-state index contributed by atoms with van der Waals surface area (Å²) >= 11 is 6.07. The number of hydrogen-bond acceptors (Lipinski definition) is 4. The number of aromatic nitrogens is 2. The van der Waals surface area contributed by atoms with E-state index in [1.54, 1.807) is 13.0 Å². The summed E-state index contributed by atoms with van der Waals surface area (Å²) in [6.45, 7) is 2.80. The predicted molar refractivity (Wildman–Crippen MR) is 90.7 cm³/mol. The molecule has 1 aromatic heterocycles. The highest BCUT2D eigenvalue weighted by atomic mass is 35.5. The Hall–Kier alpha value is -1.90. The number of nitrogens with zero attached hydrogens (tertiary/aromatic N) is 2. The highest BCUT2D eigenvalue weighted by Gasteiger charge is 2.28. The Labute approximate surface area is 145 Å². The second kappa shape index (κ2) is 6.54. The molecule has 0 saturated carbocycles. The number of aromatic amines is 1. The van der Waals surface area contributed by atoms with Gasteiger partial charge in [0, 0.05) is 24.8 Å². The lowest BCUT2D eigenvalue weighted by Crippen LogP contribution is -2.28. The fourth-order valence-corrected chi connectivity index (χ4v) is 4.33. The van der Waals surface area contributed by atoms with E-state index in [4.69, 9.17) is 11.6 Å². The van der Waals surface area contributed by atoms with Crippen LogP contribution in [0.4, 0.5) is 5.82 Å². The maximum absolute atomic E-state index is 12.6. The summed E-state index contributed by atoms with van der Waals surface area (Å²) < 4.78 is 26.7. The molecular formula is C15H17ClN4O3S. The van der Waals surface area contributed by atoms with Crippen molar-refractivity contribution in [2.24, 2.45) is 0 Å². The van der Waals surface area contributed by atoms with Crippen LogP contribution in [0.1, 0.15) is 28.9 Å². The molecule has 0 spiro atoms. The molecule has 2 aromatic rings. The van der Waals surface area contributed by atoms with Gasteiger partial charge in [0.05, 0.1) is 15.5 Å². The SMILES string of the molecule is Cc1cc(NC(=O)c2cc(S(=O)(=O)N3CCCC3)ccc2Cl)n[nH]1. The minimum absolute atomic E-state index is 0.0668. The third-order valence-electron chi connectivity index (χ3n) is 3.83. The van der Waals surface area contributed by atoms with Crippen LogP contribution in [0.25, 0.3) is 0 Å². The molecule has 0 unspecified atom stereocenters.